The molecule has 0 aliphatic carbocycles. The van der Waals surface area contributed by atoms with E-state index in [1.165, 1.54) is 50.3 Å². The van der Waals surface area contributed by atoms with E-state index >= 15 is 0 Å². The van der Waals surface area contributed by atoms with E-state index in [4.69, 9.17) is 4.74 Å². The van der Waals surface area contributed by atoms with Crippen LogP contribution in [0.4, 0.5) is 10.5 Å². The first-order valence-corrected chi connectivity index (χ1v) is 10.2. The van der Waals surface area contributed by atoms with Gasteiger partial charge in [0.15, 0.2) is 0 Å². The summed E-state index contributed by atoms with van der Waals surface area (Å²) in [7, 11) is 0. The quantitative estimate of drug-likeness (QED) is 0.830. The summed E-state index contributed by atoms with van der Waals surface area (Å²) < 4.78 is 5.12. The molecule has 1 atom stereocenters. The van der Waals surface area contributed by atoms with Crippen LogP contribution in [-0.2, 0) is 11.2 Å². The second-order valence-electron chi connectivity index (χ2n) is 7.90. The highest BCUT2D eigenvalue weighted by Crippen LogP contribution is 2.32. The number of hydrogen-bond acceptors (Lipinski definition) is 4. The van der Waals surface area contributed by atoms with Crippen molar-refractivity contribution in [2.75, 3.05) is 50.8 Å². The van der Waals surface area contributed by atoms with Gasteiger partial charge < -0.3 is 19.4 Å². The number of carbonyl (C=O) groups is 1. The zero-order chi connectivity index (χ0) is 17.9. The van der Waals surface area contributed by atoms with E-state index in [0.717, 1.165) is 25.9 Å². The minimum absolute atomic E-state index is 0.139. The second-order valence-corrected chi connectivity index (χ2v) is 7.90. The molecule has 1 aromatic rings. The zero-order valence-electron chi connectivity index (χ0n) is 15.9. The number of para-hydroxylation sites is 1. The molecule has 0 aromatic heterocycles. The van der Waals surface area contributed by atoms with Gasteiger partial charge in [-0.05, 0) is 50.2 Å². The molecule has 0 saturated carbocycles. The van der Waals surface area contributed by atoms with Gasteiger partial charge in [-0.2, -0.15) is 0 Å². The SMILES string of the molecule is CCOC(=O)N1CCC(CN2CC[C@@H](N3CCc4ccccc43)C2)CC1. The average Bonchev–Trinajstić information content (AvgIpc) is 3.29. The van der Waals surface area contributed by atoms with E-state index in [1.54, 1.807) is 0 Å². The summed E-state index contributed by atoms with van der Waals surface area (Å²) >= 11 is 0. The van der Waals surface area contributed by atoms with Gasteiger partial charge in [0.25, 0.3) is 0 Å². The third-order valence-corrected chi connectivity index (χ3v) is 6.27. The molecule has 3 aliphatic rings. The highest BCUT2D eigenvalue weighted by molar-refractivity contribution is 5.67. The summed E-state index contributed by atoms with van der Waals surface area (Å²) in [5, 5.41) is 0. The zero-order valence-corrected chi connectivity index (χ0v) is 15.9. The predicted molar refractivity (Wildman–Crippen MR) is 104 cm³/mol. The minimum atomic E-state index is -0.139. The largest absolute Gasteiger partial charge is 0.450 e. The summed E-state index contributed by atoms with van der Waals surface area (Å²) in [5.41, 5.74) is 2.97. The Hall–Kier alpha value is -1.75. The fraction of sp³-hybridized carbons (Fsp3) is 0.667. The summed E-state index contributed by atoms with van der Waals surface area (Å²) in [6, 6.07) is 9.56. The Bertz CT molecular complexity index is 627. The monoisotopic (exact) mass is 357 g/mol. The van der Waals surface area contributed by atoms with Crippen LogP contribution in [0.3, 0.4) is 0 Å². The molecule has 2 fully saturated rings. The molecule has 5 heteroatoms. The fourth-order valence-corrected chi connectivity index (χ4v) is 4.85. The molecule has 0 radical (unpaired) electrons. The summed E-state index contributed by atoms with van der Waals surface area (Å²) in [6.45, 7) is 8.79. The number of likely N-dealkylation sites (tertiary alicyclic amines) is 2. The lowest BCUT2D eigenvalue weighted by molar-refractivity contribution is 0.0872. The Balaban J connectivity index is 1.25. The number of carbonyl (C=O) groups excluding carboxylic acids is 1. The van der Waals surface area contributed by atoms with Crippen LogP contribution in [0.2, 0.25) is 0 Å². The Morgan fingerprint density at radius 3 is 2.73 bits per heavy atom. The topological polar surface area (TPSA) is 36.0 Å². The summed E-state index contributed by atoms with van der Waals surface area (Å²) in [4.78, 5) is 19.0. The van der Waals surface area contributed by atoms with E-state index in [2.05, 4.69) is 34.1 Å². The van der Waals surface area contributed by atoms with Crippen molar-refractivity contribution in [2.24, 2.45) is 5.92 Å². The molecule has 3 aliphatic heterocycles. The van der Waals surface area contributed by atoms with Crippen LogP contribution in [0.5, 0.6) is 0 Å². The molecule has 1 amide bonds. The van der Waals surface area contributed by atoms with Crippen molar-refractivity contribution in [2.45, 2.75) is 38.6 Å². The molecule has 3 heterocycles. The van der Waals surface area contributed by atoms with Crippen LogP contribution in [0.25, 0.3) is 0 Å². The number of hydrogen-bond donors (Lipinski definition) is 0. The van der Waals surface area contributed by atoms with Crippen LogP contribution < -0.4 is 4.90 Å². The normalized spacial score (nSPS) is 24.1. The van der Waals surface area contributed by atoms with Crippen LogP contribution in [0.15, 0.2) is 24.3 Å². The molecule has 142 valence electrons. The first kappa shape index (κ1) is 17.7. The molecule has 5 nitrogen and oxygen atoms in total. The Morgan fingerprint density at radius 1 is 1.12 bits per heavy atom. The van der Waals surface area contributed by atoms with E-state index in [-0.39, 0.29) is 6.09 Å². The number of benzene rings is 1. The molecule has 4 rings (SSSR count). The average molecular weight is 357 g/mol. The van der Waals surface area contributed by atoms with Gasteiger partial charge in [0.2, 0.25) is 0 Å². The molecule has 0 N–H and O–H groups in total. The van der Waals surface area contributed by atoms with Gasteiger partial charge in [-0.15, -0.1) is 0 Å². The van der Waals surface area contributed by atoms with Gasteiger partial charge in [-0.1, -0.05) is 18.2 Å². The van der Waals surface area contributed by atoms with Gasteiger partial charge in [-0.3, -0.25) is 0 Å². The van der Waals surface area contributed by atoms with Gasteiger partial charge in [-0.25, -0.2) is 4.79 Å². The van der Waals surface area contributed by atoms with Crippen LogP contribution in [0, 0.1) is 5.92 Å². The molecule has 1 aromatic carbocycles. The van der Waals surface area contributed by atoms with Crippen molar-refractivity contribution in [3.05, 3.63) is 29.8 Å². The van der Waals surface area contributed by atoms with Crippen molar-refractivity contribution in [1.29, 1.82) is 0 Å². The van der Waals surface area contributed by atoms with E-state index in [0.29, 0.717) is 18.6 Å². The molecule has 2 saturated heterocycles. The first-order chi connectivity index (χ1) is 12.7. The number of piperidine rings is 1. The van der Waals surface area contributed by atoms with Crippen molar-refractivity contribution in [3.63, 3.8) is 0 Å². The number of rotatable bonds is 4. The number of amides is 1. The van der Waals surface area contributed by atoms with Gasteiger partial charge in [0.1, 0.15) is 0 Å². The third kappa shape index (κ3) is 3.68. The van der Waals surface area contributed by atoms with Crippen LogP contribution in [-0.4, -0.2) is 67.8 Å². The second kappa shape index (κ2) is 7.87. The van der Waals surface area contributed by atoms with Crippen molar-refractivity contribution >= 4 is 11.8 Å². The molecule has 0 bridgehead atoms. The summed E-state index contributed by atoms with van der Waals surface area (Å²) in [5.74, 6) is 0.713. The highest BCUT2D eigenvalue weighted by atomic mass is 16.6. The predicted octanol–water partition coefficient (Wildman–Crippen LogP) is 2.99. The molecular weight excluding hydrogens is 326 g/mol. The standard InChI is InChI=1S/C21H31N3O2/c1-2-26-21(25)23-12-7-17(8-13-23)15-22-11-10-19(16-22)24-14-9-18-5-3-4-6-20(18)24/h3-6,17,19H,2,7-16H2,1H3/t19-/m1/s1. The lowest BCUT2D eigenvalue weighted by Crippen LogP contribution is -2.42. The number of fused-ring (bicyclic) bond motifs is 1. The Kier molecular flexibility index (Phi) is 5.34. The molecular formula is C21H31N3O2. The molecule has 0 unspecified atom stereocenters. The maximum absolute atomic E-state index is 11.8. The number of nitrogens with zero attached hydrogens (tertiary/aromatic N) is 3. The smallest absolute Gasteiger partial charge is 0.409 e. The molecule has 26 heavy (non-hydrogen) atoms. The van der Waals surface area contributed by atoms with Crippen molar-refractivity contribution in [1.82, 2.24) is 9.80 Å². The highest BCUT2D eigenvalue weighted by Gasteiger charge is 2.33. The minimum Gasteiger partial charge on any atom is -0.450 e. The number of ether oxygens (including phenoxy) is 1. The van der Waals surface area contributed by atoms with Gasteiger partial charge in [0, 0.05) is 51.0 Å². The Labute approximate surface area is 156 Å². The summed E-state index contributed by atoms with van der Waals surface area (Å²) in [6.07, 6.45) is 4.54. The third-order valence-electron chi connectivity index (χ3n) is 6.27. The maximum Gasteiger partial charge on any atom is 0.409 e. The van der Waals surface area contributed by atoms with Crippen molar-refractivity contribution in [3.8, 4) is 0 Å². The maximum atomic E-state index is 11.8. The van der Waals surface area contributed by atoms with Crippen LogP contribution in [0.1, 0.15) is 31.7 Å². The lowest BCUT2D eigenvalue weighted by atomic mass is 9.96. The van der Waals surface area contributed by atoms with E-state index in [1.807, 2.05) is 11.8 Å². The van der Waals surface area contributed by atoms with Crippen molar-refractivity contribution < 1.29 is 9.53 Å². The van der Waals surface area contributed by atoms with E-state index in [9.17, 15) is 4.79 Å². The van der Waals surface area contributed by atoms with E-state index < -0.39 is 0 Å². The Morgan fingerprint density at radius 2 is 1.92 bits per heavy atom. The van der Waals surface area contributed by atoms with Crippen LogP contribution >= 0.6 is 0 Å². The lowest BCUT2D eigenvalue weighted by Gasteiger charge is -2.33. The van der Waals surface area contributed by atoms with Gasteiger partial charge >= 0.3 is 6.09 Å². The fourth-order valence-electron chi connectivity index (χ4n) is 4.85. The molecule has 0 spiro atoms. The number of anilines is 1. The first-order valence-electron chi connectivity index (χ1n) is 10.2. The van der Waals surface area contributed by atoms with Gasteiger partial charge in [0.05, 0.1) is 6.61 Å².